The van der Waals surface area contributed by atoms with Gasteiger partial charge in [0.1, 0.15) is 0 Å². The van der Waals surface area contributed by atoms with Crippen LogP contribution in [0.5, 0.6) is 0 Å². The van der Waals surface area contributed by atoms with Crippen LogP contribution in [-0.2, 0) is 0 Å². The third-order valence-electron chi connectivity index (χ3n) is 5.46. The summed E-state index contributed by atoms with van der Waals surface area (Å²) >= 11 is 0. The molecule has 2 amide bonds. The second-order valence-corrected chi connectivity index (χ2v) is 7.42. The molecule has 0 bridgehead atoms. The van der Waals surface area contributed by atoms with Crippen molar-refractivity contribution in [2.24, 2.45) is 0 Å². The van der Waals surface area contributed by atoms with Crippen LogP contribution in [0.25, 0.3) is 16.6 Å². The molecule has 0 unspecified atom stereocenters. The Morgan fingerprint density at radius 3 is 1.53 bits per heavy atom. The maximum atomic E-state index is 12.4. The summed E-state index contributed by atoms with van der Waals surface area (Å²) in [6.45, 7) is 0. The normalized spacial score (nSPS) is 12.4. The fraction of sp³-hybridized carbons (Fsp3) is 0. The summed E-state index contributed by atoms with van der Waals surface area (Å²) in [6.07, 6.45) is 3.73. The second kappa shape index (κ2) is 8.36. The van der Waals surface area contributed by atoms with Crippen LogP contribution in [0, 0.1) is 0 Å². The summed E-state index contributed by atoms with van der Waals surface area (Å²) in [4.78, 5) is 26.1. The number of aromatic nitrogens is 1. The van der Waals surface area contributed by atoms with E-state index >= 15 is 0 Å². The number of pyridine rings is 1. The van der Waals surface area contributed by atoms with Crippen LogP contribution in [0.15, 0.2) is 122 Å². The van der Waals surface area contributed by atoms with Crippen molar-refractivity contribution >= 4 is 23.0 Å². The highest BCUT2D eigenvalue weighted by molar-refractivity contribution is 6.35. The second-order valence-electron chi connectivity index (χ2n) is 7.42. The first-order valence-corrected chi connectivity index (χ1v) is 10.4. The Balaban J connectivity index is 0.000000154. The average molecular weight is 416 g/mol. The van der Waals surface area contributed by atoms with Gasteiger partial charge in [0.2, 0.25) is 0 Å². The van der Waals surface area contributed by atoms with Crippen molar-refractivity contribution in [2.45, 2.75) is 0 Å². The maximum absolute atomic E-state index is 12.4. The maximum Gasteiger partial charge on any atom is 0.266 e. The summed E-state index contributed by atoms with van der Waals surface area (Å²) in [5.74, 6) is -0.523. The molecule has 6 rings (SSSR count). The minimum Gasteiger partial charge on any atom is -0.322 e. The van der Waals surface area contributed by atoms with E-state index in [1.54, 1.807) is 30.3 Å². The number of hydrogen-bond donors (Lipinski definition) is 0. The SMILES string of the molecule is O=C1c2ccccc2C(=O)N1c1ccn2ccccc12.c1ccc(-c2ccccc2)cc1. The molecular formula is C28H20N2O2. The van der Waals surface area contributed by atoms with E-state index < -0.39 is 0 Å². The van der Waals surface area contributed by atoms with E-state index in [0.717, 1.165) is 5.52 Å². The summed E-state index contributed by atoms with van der Waals surface area (Å²) in [5, 5.41) is 0. The first-order chi connectivity index (χ1) is 15.7. The largest absolute Gasteiger partial charge is 0.322 e. The van der Waals surface area contributed by atoms with Crippen LogP contribution >= 0.6 is 0 Å². The molecule has 2 aromatic heterocycles. The molecule has 0 atom stereocenters. The molecule has 3 aromatic carbocycles. The molecule has 4 nitrogen and oxygen atoms in total. The van der Waals surface area contributed by atoms with Gasteiger partial charge in [0.25, 0.3) is 11.8 Å². The first-order valence-electron chi connectivity index (χ1n) is 10.4. The highest BCUT2D eigenvalue weighted by atomic mass is 16.2. The molecule has 3 heterocycles. The minimum atomic E-state index is -0.262. The van der Waals surface area contributed by atoms with Gasteiger partial charge in [0, 0.05) is 12.4 Å². The van der Waals surface area contributed by atoms with Gasteiger partial charge in [-0.3, -0.25) is 9.59 Å². The Bertz CT molecular complexity index is 1330. The van der Waals surface area contributed by atoms with Gasteiger partial charge in [-0.25, -0.2) is 4.90 Å². The topological polar surface area (TPSA) is 41.8 Å². The summed E-state index contributed by atoms with van der Waals surface area (Å²) < 4.78 is 1.89. The van der Waals surface area contributed by atoms with Crippen molar-refractivity contribution < 1.29 is 9.59 Å². The third kappa shape index (κ3) is 3.48. The first kappa shape index (κ1) is 19.5. The number of carbonyl (C=O) groups excluding carboxylic acids is 2. The highest BCUT2D eigenvalue weighted by Crippen LogP contribution is 2.31. The fourth-order valence-corrected chi connectivity index (χ4v) is 3.90. The Labute approximate surface area is 186 Å². The van der Waals surface area contributed by atoms with Crippen molar-refractivity contribution in [3.05, 3.63) is 133 Å². The summed E-state index contributed by atoms with van der Waals surface area (Å²) in [7, 11) is 0. The highest BCUT2D eigenvalue weighted by Gasteiger charge is 2.37. The van der Waals surface area contributed by atoms with Gasteiger partial charge in [-0.2, -0.15) is 0 Å². The van der Waals surface area contributed by atoms with Gasteiger partial charge >= 0.3 is 0 Å². The van der Waals surface area contributed by atoms with Crippen LogP contribution in [0.1, 0.15) is 20.7 Å². The molecule has 0 saturated heterocycles. The lowest BCUT2D eigenvalue weighted by molar-refractivity contribution is 0.0926. The van der Waals surface area contributed by atoms with E-state index in [1.807, 2.05) is 47.1 Å². The predicted octanol–water partition coefficient (Wildman–Crippen LogP) is 6.09. The lowest BCUT2D eigenvalue weighted by Gasteiger charge is -2.12. The Hall–Kier alpha value is -4.44. The van der Waals surface area contributed by atoms with E-state index in [2.05, 4.69) is 48.5 Å². The molecule has 0 N–H and O–H groups in total. The Kier molecular flexibility index (Phi) is 5.10. The number of imide groups is 1. The number of fused-ring (bicyclic) bond motifs is 2. The van der Waals surface area contributed by atoms with Crippen molar-refractivity contribution in [1.29, 1.82) is 0 Å². The van der Waals surface area contributed by atoms with Gasteiger partial charge in [0.15, 0.2) is 0 Å². The van der Waals surface area contributed by atoms with Crippen molar-refractivity contribution in [2.75, 3.05) is 4.90 Å². The van der Waals surface area contributed by atoms with E-state index in [9.17, 15) is 9.59 Å². The zero-order chi connectivity index (χ0) is 21.9. The summed E-state index contributed by atoms with van der Waals surface area (Å²) in [6, 6.07) is 35.2. The molecule has 4 heteroatoms. The average Bonchev–Trinajstić information content (AvgIpc) is 3.39. The van der Waals surface area contributed by atoms with E-state index in [4.69, 9.17) is 0 Å². The zero-order valence-corrected chi connectivity index (χ0v) is 17.3. The van der Waals surface area contributed by atoms with Crippen molar-refractivity contribution in [3.8, 4) is 11.1 Å². The van der Waals surface area contributed by atoms with Crippen LogP contribution < -0.4 is 4.90 Å². The van der Waals surface area contributed by atoms with Gasteiger partial charge in [-0.05, 0) is 41.5 Å². The molecule has 5 aromatic rings. The smallest absolute Gasteiger partial charge is 0.266 e. The van der Waals surface area contributed by atoms with Crippen LogP contribution in [-0.4, -0.2) is 16.2 Å². The molecule has 0 spiro atoms. The molecule has 0 aliphatic carbocycles. The number of benzene rings is 3. The number of amides is 2. The van der Waals surface area contributed by atoms with E-state index in [0.29, 0.717) is 16.8 Å². The molecule has 1 aliphatic rings. The lowest BCUT2D eigenvalue weighted by Crippen LogP contribution is -2.29. The molecule has 154 valence electrons. The number of rotatable bonds is 2. The number of nitrogens with zero attached hydrogens (tertiary/aromatic N) is 2. The fourth-order valence-electron chi connectivity index (χ4n) is 3.90. The number of carbonyl (C=O) groups is 2. The molecule has 0 radical (unpaired) electrons. The number of hydrogen-bond acceptors (Lipinski definition) is 2. The molecular weight excluding hydrogens is 396 g/mol. The Morgan fingerprint density at radius 2 is 0.969 bits per heavy atom. The van der Waals surface area contributed by atoms with Gasteiger partial charge < -0.3 is 4.40 Å². The molecule has 0 fully saturated rings. The molecule has 1 aliphatic heterocycles. The quantitative estimate of drug-likeness (QED) is 0.327. The molecule has 32 heavy (non-hydrogen) atoms. The monoisotopic (exact) mass is 416 g/mol. The predicted molar refractivity (Wildman–Crippen MR) is 127 cm³/mol. The standard InChI is InChI=1S/C16H10N2O2.C12H10/c19-15-11-5-1-2-6-12(11)16(20)18(15)14-8-10-17-9-4-3-7-13(14)17;1-3-7-11(8-4-1)12-9-5-2-6-10-12/h1-10H;1-10H. The lowest BCUT2D eigenvalue weighted by atomic mass is 10.1. The van der Waals surface area contributed by atoms with Crippen LogP contribution in [0.2, 0.25) is 0 Å². The van der Waals surface area contributed by atoms with Crippen molar-refractivity contribution in [3.63, 3.8) is 0 Å². The Morgan fingerprint density at radius 1 is 0.469 bits per heavy atom. The number of anilines is 1. The van der Waals surface area contributed by atoms with E-state index in [-0.39, 0.29) is 11.8 Å². The van der Waals surface area contributed by atoms with Gasteiger partial charge in [-0.1, -0.05) is 78.9 Å². The van der Waals surface area contributed by atoms with Gasteiger partial charge in [-0.15, -0.1) is 0 Å². The van der Waals surface area contributed by atoms with Crippen molar-refractivity contribution in [1.82, 2.24) is 4.40 Å². The third-order valence-corrected chi connectivity index (χ3v) is 5.46. The van der Waals surface area contributed by atoms with Crippen LogP contribution in [0.3, 0.4) is 0 Å². The minimum absolute atomic E-state index is 0.262. The summed E-state index contributed by atoms with van der Waals surface area (Å²) in [5.41, 5.74) is 4.94. The van der Waals surface area contributed by atoms with E-state index in [1.165, 1.54) is 16.0 Å². The molecule has 0 saturated carbocycles. The van der Waals surface area contributed by atoms with Gasteiger partial charge in [0.05, 0.1) is 22.3 Å². The van der Waals surface area contributed by atoms with Crippen LogP contribution in [0.4, 0.5) is 5.69 Å². The zero-order valence-electron chi connectivity index (χ0n) is 17.3.